The number of rotatable bonds is 6. The maximum absolute atomic E-state index is 13.5. The first-order valence-electron chi connectivity index (χ1n) is 9.90. The van der Waals surface area contributed by atoms with Gasteiger partial charge < -0.3 is 4.74 Å². The Morgan fingerprint density at radius 2 is 1.85 bits per heavy atom. The smallest absolute Gasteiger partial charge is 0.260 e. The van der Waals surface area contributed by atoms with Crippen LogP contribution in [0.2, 0.25) is 10.0 Å². The van der Waals surface area contributed by atoms with Crippen LogP contribution < -0.4 is 4.90 Å². The van der Waals surface area contributed by atoms with Gasteiger partial charge in [0.15, 0.2) is 15.0 Å². The number of hydrogen-bond donors (Lipinski definition) is 0. The first kappa shape index (κ1) is 26.2. The van der Waals surface area contributed by atoms with Crippen LogP contribution in [0.25, 0.3) is 10.2 Å². The number of amides is 1. The molecule has 7 nitrogen and oxygen atoms in total. The van der Waals surface area contributed by atoms with E-state index < -0.39 is 9.84 Å². The maximum atomic E-state index is 13.5. The lowest BCUT2D eigenvalue weighted by Gasteiger charge is -2.29. The Morgan fingerprint density at radius 3 is 2.48 bits per heavy atom. The van der Waals surface area contributed by atoms with Crippen molar-refractivity contribution in [2.75, 3.05) is 50.5 Å². The summed E-state index contributed by atoms with van der Waals surface area (Å²) >= 11 is 13.5. The van der Waals surface area contributed by atoms with Crippen molar-refractivity contribution in [2.45, 2.75) is 4.90 Å². The first-order valence-corrected chi connectivity index (χ1v) is 13.4. The summed E-state index contributed by atoms with van der Waals surface area (Å²) in [5.41, 5.74) is 0.704. The molecule has 0 N–H and O–H groups in total. The minimum Gasteiger partial charge on any atom is -0.379 e. The summed E-state index contributed by atoms with van der Waals surface area (Å²) in [5, 5.41) is 1.14. The van der Waals surface area contributed by atoms with E-state index in [1.807, 2.05) is 0 Å². The molecule has 0 unspecified atom stereocenters. The zero-order valence-corrected chi connectivity index (χ0v) is 21.6. The van der Waals surface area contributed by atoms with Gasteiger partial charge in [-0.15, -0.1) is 12.4 Å². The average Bonchev–Trinajstić information content (AvgIpc) is 3.17. The highest BCUT2D eigenvalue weighted by atomic mass is 35.5. The fourth-order valence-electron chi connectivity index (χ4n) is 3.51. The second-order valence-corrected chi connectivity index (χ2v) is 11.3. The summed E-state index contributed by atoms with van der Waals surface area (Å²) in [4.78, 5) is 22.0. The third-order valence-corrected chi connectivity index (χ3v) is 7.71. The van der Waals surface area contributed by atoms with Gasteiger partial charge in [0.1, 0.15) is 5.52 Å². The summed E-state index contributed by atoms with van der Waals surface area (Å²) in [6.07, 6.45) is 1.15. The molecule has 178 valence electrons. The molecule has 0 atom stereocenters. The minimum absolute atomic E-state index is 0. The number of halogens is 3. The maximum Gasteiger partial charge on any atom is 0.260 e. The van der Waals surface area contributed by atoms with E-state index in [9.17, 15) is 13.2 Å². The number of nitrogens with zero attached hydrogens (tertiary/aromatic N) is 3. The molecule has 1 aliphatic rings. The lowest BCUT2D eigenvalue weighted by atomic mass is 10.2. The zero-order valence-electron chi connectivity index (χ0n) is 17.7. The molecule has 0 radical (unpaired) electrons. The normalized spacial score (nSPS) is 14.8. The number of morpholine rings is 1. The third-order valence-electron chi connectivity index (χ3n) is 5.10. The Morgan fingerprint density at radius 1 is 1.18 bits per heavy atom. The van der Waals surface area contributed by atoms with Gasteiger partial charge in [-0.1, -0.05) is 40.6 Å². The van der Waals surface area contributed by atoms with Crippen molar-refractivity contribution in [3.05, 3.63) is 52.0 Å². The number of carbonyl (C=O) groups is 1. The van der Waals surface area contributed by atoms with Crippen molar-refractivity contribution < 1.29 is 17.9 Å². The van der Waals surface area contributed by atoms with Crippen LogP contribution in [0.5, 0.6) is 0 Å². The molecule has 3 aromatic rings. The molecule has 1 fully saturated rings. The van der Waals surface area contributed by atoms with E-state index in [1.54, 1.807) is 35.2 Å². The summed E-state index contributed by atoms with van der Waals surface area (Å²) in [7, 11) is -3.47. The zero-order chi connectivity index (χ0) is 22.9. The molecule has 0 bridgehead atoms. The molecular formula is C21H22Cl3N3O4S2. The predicted molar refractivity (Wildman–Crippen MR) is 135 cm³/mol. The monoisotopic (exact) mass is 549 g/mol. The van der Waals surface area contributed by atoms with Crippen LogP contribution >= 0.6 is 46.9 Å². The molecule has 2 aromatic carbocycles. The molecule has 2 heterocycles. The van der Waals surface area contributed by atoms with Gasteiger partial charge in [-0.2, -0.15) is 0 Å². The quantitative estimate of drug-likeness (QED) is 0.452. The fraction of sp³-hybridized carbons (Fsp3) is 0.333. The van der Waals surface area contributed by atoms with Gasteiger partial charge in [-0.25, -0.2) is 13.4 Å². The van der Waals surface area contributed by atoms with Crippen molar-refractivity contribution >= 4 is 78.0 Å². The molecule has 4 rings (SSSR count). The Hall–Kier alpha value is -1.46. The lowest BCUT2D eigenvalue weighted by Crippen LogP contribution is -2.43. The van der Waals surface area contributed by atoms with Gasteiger partial charge in [-0.3, -0.25) is 14.6 Å². The van der Waals surface area contributed by atoms with Crippen LogP contribution in [0.1, 0.15) is 10.4 Å². The highest BCUT2D eigenvalue weighted by Gasteiger charge is 2.25. The number of para-hydroxylation sites is 1. The summed E-state index contributed by atoms with van der Waals surface area (Å²) in [6, 6.07) is 9.69. The van der Waals surface area contributed by atoms with Crippen molar-refractivity contribution in [2.24, 2.45) is 0 Å². The number of ether oxygens (including phenoxy) is 1. The van der Waals surface area contributed by atoms with Crippen LogP contribution in [0, 0.1) is 0 Å². The number of sulfone groups is 1. The van der Waals surface area contributed by atoms with Gasteiger partial charge in [-0.05, 0) is 30.3 Å². The van der Waals surface area contributed by atoms with Gasteiger partial charge in [0.05, 0.1) is 22.8 Å². The van der Waals surface area contributed by atoms with E-state index in [0.717, 1.165) is 19.3 Å². The third kappa shape index (κ3) is 6.16. The number of benzene rings is 2. The molecule has 1 aromatic heterocycles. The van der Waals surface area contributed by atoms with Crippen LogP contribution in [0.15, 0.2) is 41.3 Å². The molecule has 0 aliphatic carbocycles. The van der Waals surface area contributed by atoms with Crippen LogP contribution in [0.3, 0.4) is 0 Å². The van der Waals surface area contributed by atoms with E-state index in [-0.39, 0.29) is 23.2 Å². The van der Waals surface area contributed by atoms with Crippen molar-refractivity contribution in [1.29, 1.82) is 0 Å². The Labute approximate surface area is 212 Å². The standard InChI is InChI=1S/C21H21Cl2N3O4S2.ClH/c1-32(28,29)18-4-2-3-17-19(18)24-21(31-17)26(6-5-25-7-9-30-10-8-25)20(27)14-11-15(22)13-16(23)12-14;/h2-4,11-13H,5-10H2,1H3;1H. The number of carbonyl (C=O) groups excluding carboxylic acids is 1. The van der Waals surface area contributed by atoms with E-state index in [1.165, 1.54) is 17.4 Å². The van der Waals surface area contributed by atoms with Crippen molar-refractivity contribution in [3.8, 4) is 0 Å². The van der Waals surface area contributed by atoms with Crippen molar-refractivity contribution in [3.63, 3.8) is 0 Å². The SMILES string of the molecule is CS(=O)(=O)c1cccc2sc(N(CCN3CCOCC3)C(=O)c3cc(Cl)cc(Cl)c3)nc12.Cl. The predicted octanol–water partition coefficient (Wildman–Crippen LogP) is 4.41. The first-order chi connectivity index (χ1) is 15.2. The van der Waals surface area contributed by atoms with Crippen LogP contribution in [-0.4, -0.2) is 69.9 Å². The number of thiazole rings is 1. The number of anilines is 1. The topological polar surface area (TPSA) is 79.8 Å². The Bertz CT molecular complexity index is 1240. The summed E-state index contributed by atoms with van der Waals surface area (Å²) < 4.78 is 30.5. The second kappa shape index (κ2) is 10.9. The minimum atomic E-state index is -3.47. The van der Waals surface area contributed by atoms with E-state index >= 15 is 0 Å². The molecule has 1 saturated heterocycles. The van der Waals surface area contributed by atoms with E-state index in [2.05, 4.69) is 9.88 Å². The molecule has 0 saturated carbocycles. The molecular weight excluding hydrogens is 529 g/mol. The van der Waals surface area contributed by atoms with Crippen LogP contribution in [-0.2, 0) is 14.6 Å². The van der Waals surface area contributed by atoms with Gasteiger partial charge >= 0.3 is 0 Å². The number of fused-ring (bicyclic) bond motifs is 1. The van der Waals surface area contributed by atoms with Gasteiger partial charge in [0.2, 0.25) is 0 Å². The lowest BCUT2D eigenvalue weighted by molar-refractivity contribution is 0.0391. The largest absolute Gasteiger partial charge is 0.379 e. The van der Waals surface area contributed by atoms with Crippen LogP contribution in [0.4, 0.5) is 5.13 Å². The highest BCUT2D eigenvalue weighted by molar-refractivity contribution is 7.91. The molecule has 0 spiro atoms. The Kier molecular flexibility index (Phi) is 8.60. The second-order valence-electron chi connectivity index (χ2n) is 7.44. The molecule has 33 heavy (non-hydrogen) atoms. The van der Waals surface area contributed by atoms with Gasteiger partial charge in [0, 0.05) is 48.0 Å². The number of aromatic nitrogens is 1. The molecule has 12 heteroatoms. The van der Waals surface area contributed by atoms with Gasteiger partial charge in [0.25, 0.3) is 5.91 Å². The summed E-state index contributed by atoms with van der Waals surface area (Å²) in [5.74, 6) is -0.303. The van der Waals surface area contributed by atoms with E-state index in [4.69, 9.17) is 27.9 Å². The van der Waals surface area contributed by atoms with Crippen molar-refractivity contribution in [1.82, 2.24) is 9.88 Å². The fourth-order valence-corrected chi connectivity index (χ4v) is 5.95. The highest BCUT2D eigenvalue weighted by Crippen LogP contribution is 2.33. The molecule has 1 aliphatic heterocycles. The van der Waals surface area contributed by atoms with E-state index in [0.29, 0.717) is 57.3 Å². The average molecular weight is 551 g/mol. The summed E-state index contributed by atoms with van der Waals surface area (Å²) in [6.45, 7) is 3.86. The number of hydrogen-bond acceptors (Lipinski definition) is 7. The molecule has 1 amide bonds. The Balaban J connectivity index is 0.00000306.